The molecule has 0 radical (unpaired) electrons. The Balaban J connectivity index is 1.93. The number of nitrogens with one attached hydrogen (secondary N) is 2. The lowest BCUT2D eigenvalue weighted by Gasteiger charge is -2.15. The van der Waals surface area contributed by atoms with Gasteiger partial charge in [-0.05, 0) is 55.0 Å². The first kappa shape index (κ1) is 20.6. The van der Waals surface area contributed by atoms with Gasteiger partial charge in [-0.15, -0.1) is 0 Å². The maximum Gasteiger partial charge on any atom is 0.319 e. The number of carbonyl (C=O) groups is 1. The van der Waals surface area contributed by atoms with Crippen LogP contribution in [0.2, 0.25) is 0 Å². The number of aryl methyl sites for hydroxylation is 2. The molecule has 5 nitrogen and oxygen atoms in total. The molecule has 2 aromatic carbocycles. The van der Waals surface area contributed by atoms with Crippen molar-refractivity contribution in [2.75, 3.05) is 25.6 Å². The molecule has 0 aliphatic rings. The fourth-order valence-electron chi connectivity index (χ4n) is 3.02. The van der Waals surface area contributed by atoms with Crippen molar-refractivity contribution in [1.29, 1.82) is 0 Å². The van der Waals surface area contributed by atoms with Gasteiger partial charge in [0.2, 0.25) is 0 Å². The second kappa shape index (κ2) is 10.5. The molecule has 0 aliphatic heterocycles. The smallest absolute Gasteiger partial charge is 0.319 e. The first-order valence-corrected chi connectivity index (χ1v) is 9.58. The summed E-state index contributed by atoms with van der Waals surface area (Å²) < 4.78 is 10.9. The van der Waals surface area contributed by atoms with E-state index in [1.54, 1.807) is 7.11 Å². The first-order valence-electron chi connectivity index (χ1n) is 9.58. The summed E-state index contributed by atoms with van der Waals surface area (Å²) in [6.45, 7) is 7.26. The van der Waals surface area contributed by atoms with E-state index in [0.717, 1.165) is 41.0 Å². The minimum atomic E-state index is -0.177. The predicted octanol–water partition coefficient (Wildman–Crippen LogP) is 4.58. The third-order valence-electron chi connectivity index (χ3n) is 4.46. The summed E-state index contributed by atoms with van der Waals surface area (Å²) in [5.41, 5.74) is 4.32. The Labute approximate surface area is 162 Å². The maximum absolute atomic E-state index is 12.3. The average molecular weight is 370 g/mol. The van der Waals surface area contributed by atoms with Crippen molar-refractivity contribution in [3.63, 3.8) is 0 Å². The molecule has 2 N–H and O–H groups in total. The largest absolute Gasteiger partial charge is 0.493 e. The van der Waals surface area contributed by atoms with Crippen LogP contribution in [0.4, 0.5) is 10.5 Å². The van der Waals surface area contributed by atoms with Crippen LogP contribution < -0.4 is 20.1 Å². The molecule has 146 valence electrons. The molecule has 0 atom stereocenters. The third-order valence-corrected chi connectivity index (χ3v) is 4.46. The molecule has 0 spiro atoms. The Kier molecular flexibility index (Phi) is 7.99. The first-order chi connectivity index (χ1) is 13.1. The van der Waals surface area contributed by atoms with Crippen LogP contribution in [-0.2, 0) is 19.3 Å². The number of hydrogen-bond donors (Lipinski definition) is 2. The van der Waals surface area contributed by atoms with E-state index in [1.165, 1.54) is 0 Å². The quantitative estimate of drug-likeness (QED) is 0.679. The topological polar surface area (TPSA) is 59.6 Å². The summed E-state index contributed by atoms with van der Waals surface area (Å²) in [5.74, 6) is 1.45. The number of anilines is 1. The van der Waals surface area contributed by atoms with Crippen molar-refractivity contribution < 1.29 is 14.3 Å². The number of ether oxygens (including phenoxy) is 2. The zero-order valence-electron chi connectivity index (χ0n) is 16.7. The van der Waals surface area contributed by atoms with Gasteiger partial charge in [-0.3, -0.25) is 0 Å². The van der Waals surface area contributed by atoms with Crippen molar-refractivity contribution in [1.82, 2.24) is 5.32 Å². The molecule has 0 aromatic heterocycles. The van der Waals surface area contributed by atoms with Crippen molar-refractivity contribution in [3.05, 3.63) is 53.1 Å². The normalized spacial score (nSPS) is 10.4. The fraction of sp³-hybridized carbons (Fsp3) is 0.409. The van der Waals surface area contributed by atoms with Crippen LogP contribution in [0.25, 0.3) is 0 Å². The van der Waals surface area contributed by atoms with Gasteiger partial charge in [0.15, 0.2) is 11.5 Å². The summed E-state index contributed by atoms with van der Waals surface area (Å²) in [6.07, 6.45) is 2.48. The Morgan fingerprint density at radius 1 is 1.00 bits per heavy atom. The number of benzene rings is 2. The highest BCUT2D eigenvalue weighted by Gasteiger charge is 2.10. The highest BCUT2D eigenvalue weighted by molar-refractivity contribution is 5.91. The Hall–Kier alpha value is -2.69. The molecule has 0 unspecified atom stereocenters. The van der Waals surface area contributed by atoms with E-state index in [9.17, 15) is 4.79 Å². The van der Waals surface area contributed by atoms with Gasteiger partial charge in [0, 0.05) is 12.2 Å². The van der Waals surface area contributed by atoms with Gasteiger partial charge in [-0.1, -0.05) is 38.1 Å². The van der Waals surface area contributed by atoms with Crippen LogP contribution in [0.3, 0.4) is 0 Å². The molecule has 5 heteroatoms. The fourth-order valence-corrected chi connectivity index (χ4v) is 3.02. The third kappa shape index (κ3) is 5.64. The second-order valence-electron chi connectivity index (χ2n) is 6.21. The van der Waals surface area contributed by atoms with Gasteiger partial charge in [-0.25, -0.2) is 4.79 Å². The number of methoxy groups -OCH3 is 1. The SMILES string of the molecule is CCOc1ccc(CCNC(=O)Nc2c(CC)cccc2CC)cc1OC. The average Bonchev–Trinajstić information content (AvgIpc) is 2.69. The lowest BCUT2D eigenvalue weighted by Crippen LogP contribution is -2.31. The van der Waals surface area contributed by atoms with Gasteiger partial charge >= 0.3 is 6.03 Å². The van der Waals surface area contributed by atoms with Crippen molar-refractivity contribution in [2.45, 2.75) is 40.0 Å². The van der Waals surface area contributed by atoms with Gasteiger partial charge in [-0.2, -0.15) is 0 Å². The number of hydrogen-bond acceptors (Lipinski definition) is 3. The Bertz CT molecular complexity index is 737. The molecule has 0 aliphatic carbocycles. The van der Waals surface area contributed by atoms with E-state index in [-0.39, 0.29) is 6.03 Å². The molecular weight excluding hydrogens is 340 g/mol. The molecule has 2 aromatic rings. The highest BCUT2D eigenvalue weighted by Crippen LogP contribution is 2.28. The number of para-hydroxylation sites is 1. The van der Waals surface area contributed by atoms with Gasteiger partial charge in [0.25, 0.3) is 0 Å². The summed E-state index contributed by atoms with van der Waals surface area (Å²) >= 11 is 0. The summed E-state index contributed by atoms with van der Waals surface area (Å²) in [4.78, 5) is 12.3. The molecule has 2 rings (SSSR count). The molecule has 2 amide bonds. The van der Waals surface area contributed by atoms with E-state index in [4.69, 9.17) is 9.47 Å². The van der Waals surface area contributed by atoms with Gasteiger partial charge < -0.3 is 20.1 Å². The van der Waals surface area contributed by atoms with Crippen LogP contribution in [0.15, 0.2) is 36.4 Å². The van der Waals surface area contributed by atoms with E-state index in [0.29, 0.717) is 25.3 Å². The van der Waals surface area contributed by atoms with Crippen molar-refractivity contribution in [2.24, 2.45) is 0 Å². The Morgan fingerprint density at radius 3 is 2.30 bits per heavy atom. The number of rotatable bonds is 9. The summed E-state index contributed by atoms with van der Waals surface area (Å²) in [5, 5.41) is 5.96. The Morgan fingerprint density at radius 2 is 1.70 bits per heavy atom. The summed E-state index contributed by atoms with van der Waals surface area (Å²) in [6, 6.07) is 11.8. The van der Waals surface area contributed by atoms with Crippen LogP contribution in [0, 0.1) is 0 Å². The second-order valence-corrected chi connectivity index (χ2v) is 6.21. The molecule has 0 saturated carbocycles. The lowest BCUT2D eigenvalue weighted by atomic mass is 10.0. The minimum absolute atomic E-state index is 0.177. The molecule has 0 fully saturated rings. The number of carbonyl (C=O) groups excluding carboxylic acids is 1. The van der Waals surface area contributed by atoms with E-state index in [2.05, 4.69) is 36.6 Å². The van der Waals surface area contributed by atoms with Gasteiger partial charge in [0.1, 0.15) is 0 Å². The zero-order chi connectivity index (χ0) is 19.6. The van der Waals surface area contributed by atoms with E-state index < -0.39 is 0 Å². The van der Waals surface area contributed by atoms with E-state index >= 15 is 0 Å². The molecule has 0 heterocycles. The highest BCUT2D eigenvalue weighted by atomic mass is 16.5. The zero-order valence-corrected chi connectivity index (χ0v) is 16.7. The lowest BCUT2D eigenvalue weighted by molar-refractivity contribution is 0.252. The minimum Gasteiger partial charge on any atom is -0.493 e. The predicted molar refractivity (Wildman–Crippen MR) is 110 cm³/mol. The number of amides is 2. The molecule has 0 saturated heterocycles. The van der Waals surface area contributed by atoms with Gasteiger partial charge in [0.05, 0.1) is 13.7 Å². The molecular formula is C22H30N2O3. The van der Waals surface area contributed by atoms with Crippen LogP contribution in [0.5, 0.6) is 11.5 Å². The van der Waals surface area contributed by atoms with Crippen LogP contribution in [-0.4, -0.2) is 26.3 Å². The van der Waals surface area contributed by atoms with E-state index in [1.807, 2.05) is 31.2 Å². The maximum atomic E-state index is 12.3. The van der Waals surface area contributed by atoms with Crippen LogP contribution >= 0.6 is 0 Å². The van der Waals surface area contributed by atoms with Crippen LogP contribution in [0.1, 0.15) is 37.5 Å². The molecule has 27 heavy (non-hydrogen) atoms. The standard InChI is InChI=1S/C22H30N2O3/c1-5-17-9-8-10-18(6-2)21(17)24-22(25)23-14-13-16-11-12-19(27-7-3)20(15-16)26-4/h8-12,15H,5-7,13-14H2,1-4H3,(H2,23,24,25). The summed E-state index contributed by atoms with van der Waals surface area (Å²) in [7, 11) is 1.63. The monoisotopic (exact) mass is 370 g/mol. The number of urea groups is 1. The molecule has 0 bridgehead atoms. The van der Waals surface area contributed by atoms with Crippen molar-refractivity contribution >= 4 is 11.7 Å². The van der Waals surface area contributed by atoms with Crippen molar-refractivity contribution in [3.8, 4) is 11.5 Å².